The predicted octanol–water partition coefficient (Wildman–Crippen LogP) is 3.54. The lowest BCUT2D eigenvalue weighted by molar-refractivity contribution is 0.0820. The first-order valence-corrected chi connectivity index (χ1v) is 6.60. The van der Waals surface area contributed by atoms with Crippen LogP contribution < -0.4 is 5.73 Å². The van der Waals surface area contributed by atoms with Gasteiger partial charge in [0.15, 0.2) is 5.78 Å². The van der Waals surface area contributed by atoms with Crippen LogP contribution in [0.15, 0.2) is 24.3 Å². The Balaban J connectivity index is 3.03. The topological polar surface area (TPSA) is 43.1 Å². The first-order chi connectivity index (χ1) is 8.24. The lowest BCUT2D eigenvalue weighted by atomic mass is 9.79. The molecule has 0 amide bonds. The van der Waals surface area contributed by atoms with Crippen LogP contribution in [0.1, 0.15) is 57.0 Å². The van der Waals surface area contributed by atoms with Gasteiger partial charge in [0, 0.05) is 17.5 Å². The van der Waals surface area contributed by atoms with Crippen LogP contribution in [0.3, 0.4) is 0 Å². The van der Waals surface area contributed by atoms with Gasteiger partial charge in [0.1, 0.15) is 0 Å². The Morgan fingerprint density at radius 1 is 1.11 bits per heavy atom. The molecule has 0 saturated heterocycles. The Morgan fingerprint density at radius 2 is 1.61 bits per heavy atom. The van der Waals surface area contributed by atoms with Gasteiger partial charge in [-0.2, -0.15) is 0 Å². The molecular formula is C16H25NO. The monoisotopic (exact) mass is 247 g/mol. The number of hydrogen-bond donors (Lipinski definition) is 1. The fraction of sp³-hybridized carbons (Fsp3) is 0.562. The van der Waals surface area contributed by atoms with Crippen molar-refractivity contribution in [2.45, 2.75) is 46.5 Å². The first kappa shape index (κ1) is 14.9. The summed E-state index contributed by atoms with van der Waals surface area (Å²) in [7, 11) is 0. The summed E-state index contributed by atoms with van der Waals surface area (Å²) < 4.78 is 0. The lowest BCUT2D eigenvalue weighted by Crippen LogP contribution is -2.35. The maximum atomic E-state index is 12.4. The van der Waals surface area contributed by atoms with Gasteiger partial charge in [-0.05, 0) is 17.4 Å². The Kier molecular flexibility index (Phi) is 4.33. The molecule has 0 aliphatic heterocycles. The van der Waals surface area contributed by atoms with Crippen LogP contribution in [0.2, 0.25) is 0 Å². The van der Waals surface area contributed by atoms with Crippen LogP contribution in [0.25, 0.3) is 0 Å². The summed E-state index contributed by atoms with van der Waals surface area (Å²) in [5.74, 6) is 0.146. The van der Waals surface area contributed by atoms with Crippen molar-refractivity contribution >= 4 is 5.78 Å². The fourth-order valence-corrected chi connectivity index (χ4v) is 1.87. The summed E-state index contributed by atoms with van der Waals surface area (Å²) in [6.45, 7) is 10.8. The number of ketones is 1. The largest absolute Gasteiger partial charge is 0.329 e. The van der Waals surface area contributed by atoms with Crippen molar-refractivity contribution in [2.75, 3.05) is 6.54 Å². The maximum absolute atomic E-state index is 12.4. The van der Waals surface area contributed by atoms with E-state index in [1.54, 1.807) is 0 Å². The molecule has 0 saturated carbocycles. The highest BCUT2D eigenvalue weighted by Gasteiger charge is 2.30. The zero-order valence-corrected chi connectivity index (χ0v) is 12.2. The molecular weight excluding hydrogens is 222 g/mol. The Morgan fingerprint density at radius 3 is 1.94 bits per heavy atom. The highest BCUT2D eigenvalue weighted by molar-refractivity contribution is 6.00. The summed E-state index contributed by atoms with van der Waals surface area (Å²) in [5.41, 5.74) is 7.41. The first-order valence-electron chi connectivity index (χ1n) is 6.60. The summed E-state index contributed by atoms with van der Waals surface area (Å²) in [4.78, 5) is 12.4. The second kappa shape index (κ2) is 5.23. The molecule has 0 spiro atoms. The number of benzene rings is 1. The molecule has 18 heavy (non-hydrogen) atoms. The van der Waals surface area contributed by atoms with E-state index in [2.05, 4.69) is 20.8 Å². The number of carbonyl (C=O) groups excluding carboxylic acids is 1. The highest BCUT2D eigenvalue weighted by atomic mass is 16.1. The van der Waals surface area contributed by atoms with Crippen LogP contribution in [-0.4, -0.2) is 12.3 Å². The van der Waals surface area contributed by atoms with Crippen LogP contribution in [0.4, 0.5) is 0 Å². The molecule has 0 heterocycles. The smallest absolute Gasteiger partial charge is 0.169 e. The molecule has 100 valence electrons. The molecule has 1 aromatic carbocycles. The lowest BCUT2D eigenvalue weighted by Gasteiger charge is -2.25. The van der Waals surface area contributed by atoms with Crippen molar-refractivity contribution in [2.24, 2.45) is 11.1 Å². The van der Waals surface area contributed by atoms with Gasteiger partial charge in [-0.1, -0.05) is 58.9 Å². The molecule has 1 rings (SSSR count). The van der Waals surface area contributed by atoms with E-state index in [0.29, 0.717) is 6.54 Å². The number of Topliss-reactive ketones (excluding diaryl/α,β-unsaturated/α-hetero) is 1. The van der Waals surface area contributed by atoms with Gasteiger partial charge in [-0.25, -0.2) is 0 Å². The molecule has 0 aliphatic rings. The van der Waals surface area contributed by atoms with Crippen molar-refractivity contribution in [1.29, 1.82) is 0 Å². The third-order valence-corrected chi connectivity index (χ3v) is 3.79. The Hall–Kier alpha value is -1.15. The van der Waals surface area contributed by atoms with Crippen LogP contribution in [-0.2, 0) is 5.41 Å². The quantitative estimate of drug-likeness (QED) is 0.827. The van der Waals surface area contributed by atoms with Gasteiger partial charge in [-0.3, -0.25) is 4.79 Å². The highest BCUT2D eigenvalue weighted by Crippen LogP contribution is 2.27. The number of hydrogen-bond acceptors (Lipinski definition) is 2. The summed E-state index contributed by atoms with van der Waals surface area (Å²) in [6, 6.07) is 7.93. The molecule has 0 bridgehead atoms. The third kappa shape index (κ3) is 2.99. The molecule has 0 aliphatic carbocycles. The summed E-state index contributed by atoms with van der Waals surface area (Å²) >= 11 is 0. The van der Waals surface area contributed by atoms with Crippen molar-refractivity contribution in [3.63, 3.8) is 0 Å². The van der Waals surface area contributed by atoms with Gasteiger partial charge >= 0.3 is 0 Å². The molecule has 1 aromatic rings. The molecule has 0 aromatic heterocycles. The molecule has 2 nitrogen and oxygen atoms in total. The minimum absolute atomic E-state index is 0.115. The minimum Gasteiger partial charge on any atom is -0.329 e. The van der Waals surface area contributed by atoms with E-state index in [9.17, 15) is 4.79 Å². The van der Waals surface area contributed by atoms with Crippen molar-refractivity contribution in [1.82, 2.24) is 0 Å². The molecule has 2 N–H and O–H groups in total. The van der Waals surface area contributed by atoms with Crippen LogP contribution in [0.5, 0.6) is 0 Å². The summed E-state index contributed by atoms with van der Waals surface area (Å²) in [6.07, 6.45) is 0.767. The number of rotatable bonds is 4. The average molecular weight is 247 g/mol. The predicted molar refractivity (Wildman–Crippen MR) is 76.9 cm³/mol. The average Bonchev–Trinajstić information content (AvgIpc) is 2.36. The molecule has 1 atom stereocenters. The van der Waals surface area contributed by atoms with Crippen LogP contribution in [0, 0.1) is 5.41 Å². The second-order valence-corrected chi connectivity index (χ2v) is 6.27. The number of carbonyl (C=O) groups is 1. The third-order valence-electron chi connectivity index (χ3n) is 3.79. The summed E-state index contributed by atoms with van der Waals surface area (Å²) in [5, 5.41) is 0. The van der Waals surface area contributed by atoms with E-state index >= 15 is 0 Å². The van der Waals surface area contributed by atoms with E-state index in [1.807, 2.05) is 38.1 Å². The second-order valence-electron chi connectivity index (χ2n) is 6.27. The van der Waals surface area contributed by atoms with Gasteiger partial charge in [0.2, 0.25) is 0 Å². The van der Waals surface area contributed by atoms with E-state index in [0.717, 1.165) is 12.0 Å². The van der Waals surface area contributed by atoms with Crippen molar-refractivity contribution in [3.05, 3.63) is 35.4 Å². The Labute approximate surface area is 111 Å². The minimum atomic E-state index is -0.441. The molecule has 0 radical (unpaired) electrons. The van der Waals surface area contributed by atoms with Gasteiger partial charge in [0.05, 0.1) is 0 Å². The zero-order valence-electron chi connectivity index (χ0n) is 12.2. The van der Waals surface area contributed by atoms with Gasteiger partial charge in [0.25, 0.3) is 0 Å². The van der Waals surface area contributed by atoms with Crippen molar-refractivity contribution < 1.29 is 4.79 Å². The zero-order chi connectivity index (χ0) is 14.0. The van der Waals surface area contributed by atoms with E-state index in [-0.39, 0.29) is 11.2 Å². The maximum Gasteiger partial charge on any atom is 0.169 e. The van der Waals surface area contributed by atoms with E-state index < -0.39 is 5.41 Å². The Bertz CT molecular complexity index is 408. The molecule has 2 heteroatoms. The standard InChI is InChI=1S/C16H25NO/c1-6-16(5,11-17)14(18)12-7-9-13(10-8-12)15(2,3)4/h7-10H,6,11,17H2,1-5H3. The van der Waals surface area contributed by atoms with Gasteiger partial charge < -0.3 is 5.73 Å². The van der Waals surface area contributed by atoms with E-state index in [1.165, 1.54) is 5.56 Å². The fourth-order valence-electron chi connectivity index (χ4n) is 1.87. The SMILES string of the molecule is CCC(C)(CN)C(=O)c1ccc(C(C)(C)C)cc1. The normalized spacial score (nSPS) is 15.2. The molecule has 1 unspecified atom stereocenters. The van der Waals surface area contributed by atoms with E-state index in [4.69, 9.17) is 5.73 Å². The number of nitrogens with two attached hydrogens (primary N) is 1. The van der Waals surface area contributed by atoms with Gasteiger partial charge in [-0.15, -0.1) is 0 Å². The molecule has 0 fully saturated rings. The van der Waals surface area contributed by atoms with Crippen molar-refractivity contribution in [3.8, 4) is 0 Å². The van der Waals surface area contributed by atoms with Crippen LogP contribution >= 0.6 is 0 Å².